The average Bonchev–Trinajstić information content (AvgIpc) is 2.99. The highest BCUT2D eigenvalue weighted by Gasteiger charge is 2.23. The number of carbonyl (C=O) groups is 2. The number of phenols is 1. The number of fused-ring (bicyclic) bond motifs is 3. The molecule has 0 saturated carbocycles. The van der Waals surface area contributed by atoms with Crippen molar-refractivity contribution in [3.05, 3.63) is 102 Å². The summed E-state index contributed by atoms with van der Waals surface area (Å²) in [5.41, 5.74) is 7.51. The van der Waals surface area contributed by atoms with Gasteiger partial charge in [0, 0.05) is 42.5 Å². The number of carbonyl (C=O) groups excluding carboxylic acids is 2. The topological polar surface area (TPSA) is 108 Å². The Kier molecular flexibility index (Phi) is 7.34. The van der Waals surface area contributed by atoms with Gasteiger partial charge in [-0.15, -0.1) is 14.8 Å². The van der Waals surface area contributed by atoms with E-state index in [1.165, 1.54) is 6.92 Å². The number of aryl methyl sites for hydroxylation is 2. The molecule has 1 aromatic heterocycles. The van der Waals surface area contributed by atoms with Gasteiger partial charge in [0.2, 0.25) is 22.6 Å². The summed E-state index contributed by atoms with van der Waals surface area (Å²) in [5.74, 6) is -0.185. The summed E-state index contributed by atoms with van der Waals surface area (Å²) in [6.07, 6.45) is 0.323. The van der Waals surface area contributed by atoms with E-state index in [1.807, 2.05) is 98.8 Å². The van der Waals surface area contributed by atoms with E-state index in [9.17, 15) is 14.7 Å². The highest BCUT2D eigenvalue weighted by molar-refractivity contribution is 5.97. The molecule has 0 atom stereocenters. The van der Waals surface area contributed by atoms with Gasteiger partial charge in [-0.3, -0.25) is 4.79 Å². The highest BCUT2D eigenvalue weighted by Crippen LogP contribution is 2.37. The summed E-state index contributed by atoms with van der Waals surface area (Å²) in [7, 11) is 0. The third-order valence-electron chi connectivity index (χ3n) is 7.47. The number of Topliss-reactive ketones (excluding diaryl/α,β-unsaturated/α-hetero) is 1. The normalized spacial score (nSPS) is 11.5. The molecule has 8 nitrogen and oxygen atoms in total. The molecular weight excluding hydrogens is 538 g/mol. The van der Waals surface area contributed by atoms with Crippen LogP contribution in [0, 0.1) is 13.8 Å². The van der Waals surface area contributed by atoms with Crippen LogP contribution in [-0.2, 0) is 9.59 Å². The molecule has 8 heteroatoms. The van der Waals surface area contributed by atoms with Gasteiger partial charge in [0.05, 0.1) is 11.4 Å². The summed E-state index contributed by atoms with van der Waals surface area (Å²) in [6.45, 7) is 5.37. The number of hydrogen-bond acceptors (Lipinski definition) is 6. The minimum atomic E-state index is -0.215. The molecule has 0 saturated heterocycles. The third-order valence-corrected chi connectivity index (χ3v) is 7.47. The summed E-state index contributed by atoms with van der Waals surface area (Å²) >= 11 is 0. The number of aromatic hydroxyl groups is 1. The molecule has 0 radical (unpaired) electrons. The molecule has 6 rings (SSSR count). The van der Waals surface area contributed by atoms with E-state index in [-0.39, 0.29) is 30.3 Å². The number of amides is 1. The maximum atomic E-state index is 12.6. The van der Waals surface area contributed by atoms with Crippen molar-refractivity contribution >= 4 is 61.6 Å². The van der Waals surface area contributed by atoms with Crippen molar-refractivity contribution in [1.29, 1.82) is 0 Å². The minimum absolute atomic E-state index is 0.0260. The Morgan fingerprint density at radius 3 is 2.28 bits per heavy atom. The number of phenolic OH excluding ortho intramolecular Hbond substituents is 1. The van der Waals surface area contributed by atoms with Crippen LogP contribution in [0.3, 0.4) is 0 Å². The lowest BCUT2D eigenvalue weighted by atomic mass is 10.1. The summed E-state index contributed by atoms with van der Waals surface area (Å²) in [4.78, 5) is 29.0. The molecule has 2 N–H and O–H groups in total. The Labute approximate surface area is 248 Å². The molecule has 0 aliphatic carbocycles. The van der Waals surface area contributed by atoms with Gasteiger partial charge in [0.25, 0.3) is 0 Å². The van der Waals surface area contributed by atoms with Crippen molar-refractivity contribution in [2.75, 3.05) is 5.32 Å². The number of ketones is 1. The van der Waals surface area contributed by atoms with Crippen molar-refractivity contribution in [3.63, 3.8) is 0 Å². The standard InChI is InChI=1S/C35H29N5O3/c1-21-17-29-31(19-27(21)37-34(43)16-13-23(3)41)40(25-10-5-4-6-11-25)32-20-28(22(2)18-30(32)36-29)38-39-35-26-12-8-7-9-24(26)14-15-33(35)42/h4-12,14-15,17-20H,13,16H2,1-3H3,(H,37,38,42,43)/p+1. The number of nitrogens with one attached hydrogen (secondary N) is 1. The first-order valence-electron chi connectivity index (χ1n) is 14.1. The second kappa shape index (κ2) is 11.4. The predicted molar refractivity (Wildman–Crippen MR) is 169 cm³/mol. The molecule has 0 aliphatic rings. The van der Waals surface area contributed by atoms with Crippen LogP contribution in [0.2, 0.25) is 0 Å². The first-order chi connectivity index (χ1) is 20.8. The molecule has 0 fully saturated rings. The molecule has 1 heterocycles. The smallest absolute Gasteiger partial charge is 0.239 e. The molecular formula is C35H30N5O3+. The summed E-state index contributed by atoms with van der Waals surface area (Å²) < 4.78 is 2.09. The van der Waals surface area contributed by atoms with Gasteiger partial charge in [-0.2, -0.15) is 0 Å². The van der Waals surface area contributed by atoms with Gasteiger partial charge >= 0.3 is 0 Å². The molecule has 6 aromatic rings. The second-order valence-electron chi connectivity index (χ2n) is 10.7. The van der Waals surface area contributed by atoms with Gasteiger partial charge in [-0.25, -0.2) is 4.98 Å². The first kappa shape index (κ1) is 27.7. The Morgan fingerprint density at radius 2 is 1.51 bits per heavy atom. The number of benzene rings is 5. The van der Waals surface area contributed by atoms with Crippen molar-refractivity contribution in [2.45, 2.75) is 33.6 Å². The lowest BCUT2D eigenvalue weighted by Gasteiger charge is -2.11. The quantitative estimate of drug-likeness (QED) is 0.116. The van der Waals surface area contributed by atoms with Gasteiger partial charge in [-0.1, -0.05) is 48.5 Å². The fourth-order valence-electron chi connectivity index (χ4n) is 5.20. The van der Waals surface area contributed by atoms with E-state index in [2.05, 4.69) is 20.1 Å². The monoisotopic (exact) mass is 568 g/mol. The number of rotatable bonds is 7. The zero-order valence-electron chi connectivity index (χ0n) is 24.1. The van der Waals surface area contributed by atoms with Crippen LogP contribution in [0.15, 0.2) is 101 Å². The number of anilines is 1. The largest absolute Gasteiger partial charge is 0.506 e. The van der Waals surface area contributed by atoms with Crippen LogP contribution in [0.4, 0.5) is 17.1 Å². The Morgan fingerprint density at radius 1 is 0.814 bits per heavy atom. The molecule has 0 bridgehead atoms. The molecule has 5 aromatic carbocycles. The maximum absolute atomic E-state index is 12.6. The van der Waals surface area contributed by atoms with Crippen LogP contribution in [-0.4, -0.2) is 21.8 Å². The first-order valence-corrected chi connectivity index (χ1v) is 14.1. The van der Waals surface area contributed by atoms with Crippen molar-refractivity contribution in [2.24, 2.45) is 10.2 Å². The number of azo groups is 1. The summed E-state index contributed by atoms with van der Waals surface area (Å²) in [6, 6.07) is 28.9. The van der Waals surface area contributed by atoms with E-state index in [1.54, 1.807) is 6.07 Å². The van der Waals surface area contributed by atoms with Crippen molar-refractivity contribution in [1.82, 2.24) is 4.98 Å². The van der Waals surface area contributed by atoms with E-state index < -0.39 is 0 Å². The van der Waals surface area contributed by atoms with Crippen LogP contribution in [0.1, 0.15) is 30.9 Å². The number of aromatic nitrogens is 2. The molecule has 212 valence electrons. The van der Waals surface area contributed by atoms with Crippen LogP contribution < -0.4 is 9.88 Å². The van der Waals surface area contributed by atoms with E-state index in [4.69, 9.17) is 4.98 Å². The maximum Gasteiger partial charge on any atom is 0.239 e. The highest BCUT2D eigenvalue weighted by atomic mass is 16.3. The Hall–Kier alpha value is -5.50. The fraction of sp³-hybridized carbons (Fsp3) is 0.143. The lowest BCUT2D eigenvalue weighted by Crippen LogP contribution is -2.33. The fourth-order valence-corrected chi connectivity index (χ4v) is 5.20. The Balaban J connectivity index is 1.53. The van der Waals surface area contributed by atoms with Gasteiger partial charge < -0.3 is 15.2 Å². The molecule has 0 spiro atoms. The number of para-hydroxylation sites is 1. The molecule has 0 aliphatic heterocycles. The van der Waals surface area contributed by atoms with Gasteiger partial charge in [0.1, 0.15) is 28.3 Å². The van der Waals surface area contributed by atoms with Crippen LogP contribution in [0.5, 0.6) is 5.75 Å². The predicted octanol–water partition coefficient (Wildman–Crippen LogP) is 7.86. The van der Waals surface area contributed by atoms with Crippen LogP contribution in [0.25, 0.3) is 38.5 Å². The summed E-state index contributed by atoms with van der Waals surface area (Å²) in [5, 5.41) is 24.4. The van der Waals surface area contributed by atoms with Gasteiger partial charge in [-0.05, 0) is 55.5 Å². The van der Waals surface area contributed by atoms with Gasteiger partial charge in [0.15, 0.2) is 0 Å². The SMILES string of the molecule is CC(=O)CCC(=O)Nc1cc2c(cc1C)nc1cc(C)c(N=Nc3c(O)ccc4ccccc34)cc1[n+]2-c1ccccc1. The van der Waals surface area contributed by atoms with E-state index in [0.29, 0.717) is 17.1 Å². The average molecular weight is 569 g/mol. The molecule has 43 heavy (non-hydrogen) atoms. The Bertz CT molecular complexity index is 2090. The number of nitrogens with zero attached hydrogens (tertiary/aromatic N) is 4. The number of hydrogen-bond donors (Lipinski definition) is 2. The van der Waals surface area contributed by atoms with Crippen molar-refractivity contribution < 1.29 is 19.3 Å². The zero-order valence-corrected chi connectivity index (χ0v) is 24.1. The molecule has 0 unspecified atom stereocenters. The van der Waals surface area contributed by atoms with Crippen molar-refractivity contribution in [3.8, 4) is 11.4 Å². The second-order valence-corrected chi connectivity index (χ2v) is 10.7. The lowest BCUT2D eigenvalue weighted by molar-refractivity contribution is -0.538. The third kappa shape index (κ3) is 5.55. The minimum Gasteiger partial charge on any atom is -0.506 e. The zero-order chi connectivity index (χ0) is 30.1. The van der Waals surface area contributed by atoms with E-state index >= 15 is 0 Å². The van der Waals surface area contributed by atoms with Crippen LogP contribution >= 0.6 is 0 Å². The molecule has 1 amide bonds. The van der Waals surface area contributed by atoms with E-state index in [0.717, 1.165) is 49.7 Å².